The Morgan fingerprint density at radius 3 is 2.75 bits per heavy atom. The van der Waals surface area contributed by atoms with E-state index in [9.17, 15) is 9.18 Å². The molecule has 1 saturated heterocycles. The number of hydrogen-bond donors (Lipinski definition) is 1. The van der Waals surface area contributed by atoms with Crippen molar-refractivity contribution in [3.63, 3.8) is 0 Å². The van der Waals surface area contributed by atoms with Crippen LogP contribution in [0.3, 0.4) is 0 Å². The normalized spacial score (nSPS) is 16.4. The number of thiazole rings is 1. The summed E-state index contributed by atoms with van der Waals surface area (Å²) >= 11 is 7.68. The zero-order chi connectivity index (χ0) is 25.3. The van der Waals surface area contributed by atoms with Gasteiger partial charge in [-0.05, 0) is 68.1 Å². The minimum atomic E-state index is -0.249. The summed E-state index contributed by atoms with van der Waals surface area (Å²) in [6.45, 7) is 6.99. The molecule has 1 aliphatic rings. The maximum Gasteiger partial charge on any atom is 0.270 e. The van der Waals surface area contributed by atoms with Crippen molar-refractivity contribution in [2.75, 3.05) is 19.6 Å². The van der Waals surface area contributed by atoms with E-state index < -0.39 is 0 Å². The van der Waals surface area contributed by atoms with Gasteiger partial charge in [-0.25, -0.2) is 9.37 Å². The van der Waals surface area contributed by atoms with Crippen LogP contribution < -0.4 is 5.32 Å². The second kappa shape index (κ2) is 13.3. The number of piperidine rings is 1. The van der Waals surface area contributed by atoms with Gasteiger partial charge in [0.1, 0.15) is 16.5 Å². The number of halogens is 2. The molecule has 2 heterocycles. The van der Waals surface area contributed by atoms with Gasteiger partial charge in [-0.3, -0.25) is 9.69 Å². The summed E-state index contributed by atoms with van der Waals surface area (Å²) < 4.78 is 13.4. The standard InChI is InChI=1S/C28H34ClFN4OS/c1-21-6-2-3-14-34(21)15-5-13-31-28(35)26-20-36-27(32-26)19-33(17-22-9-11-25(30)12-10-22)18-23-7-4-8-24(29)16-23/h4,7-12,16,20-21H,2-3,5-6,13-15,17-19H2,1H3,(H,31,35). The average Bonchev–Trinajstić information content (AvgIpc) is 3.33. The van der Waals surface area contributed by atoms with E-state index in [1.165, 1.54) is 42.7 Å². The van der Waals surface area contributed by atoms with Crippen molar-refractivity contribution < 1.29 is 9.18 Å². The molecule has 0 bridgehead atoms. The highest BCUT2D eigenvalue weighted by Gasteiger charge is 2.18. The molecule has 1 N–H and O–H groups in total. The second-order valence-electron chi connectivity index (χ2n) is 9.52. The van der Waals surface area contributed by atoms with Crippen LogP contribution in [0.4, 0.5) is 4.39 Å². The number of nitrogens with zero attached hydrogens (tertiary/aromatic N) is 3. The molecular formula is C28H34ClFN4OS. The van der Waals surface area contributed by atoms with Crippen LogP contribution in [0.2, 0.25) is 5.02 Å². The van der Waals surface area contributed by atoms with Crippen molar-refractivity contribution in [1.29, 1.82) is 0 Å². The SMILES string of the molecule is CC1CCCCN1CCCNC(=O)c1csc(CN(Cc2ccc(F)cc2)Cc2cccc(Cl)c2)n1. The van der Waals surface area contributed by atoms with Gasteiger partial charge in [0.2, 0.25) is 0 Å². The number of carbonyl (C=O) groups is 1. The Hall–Kier alpha value is -2.32. The lowest BCUT2D eigenvalue weighted by atomic mass is 10.0. The lowest BCUT2D eigenvalue weighted by molar-refractivity contribution is 0.0944. The average molecular weight is 529 g/mol. The first-order chi connectivity index (χ1) is 17.5. The highest BCUT2D eigenvalue weighted by atomic mass is 35.5. The van der Waals surface area contributed by atoms with E-state index in [0.29, 0.717) is 42.9 Å². The zero-order valence-electron chi connectivity index (χ0n) is 20.8. The summed E-state index contributed by atoms with van der Waals surface area (Å²) in [7, 11) is 0. The third-order valence-corrected chi connectivity index (χ3v) is 7.67. The first-order valence-corrected chi connectivity index (χ1v) is 13.9. The van der Waals surface area contributed by atoms with Gasteiger partial charge >= 0.3 is 0 Å². The van der Waals surface area contributed by atoms with Gasteiger partial charge in [0.05, 0.1) is 6.54 Å². The second-order valence-corrected chi connectivity index (χ2v) is 10.9. The van der Waals surface area contributed by atoms with Gasteiger partial charge in [0.15, 0.2) is 0 Å². The van der Waals surface area contributed by atoms with Crippen LogP contribution in [0, 0.1) is 5.82 Å². The molecule has 0 radical (unpaired) electrons. The maximum atomic E-state index is 13.4. The fraction of sp³-hybridized carbons (Fsp3) is 0.429. The Kier molecular flexibility index (Phi) is 9.87. The van der Waals surface area contributed by atoms with Crippen LogP contribution in [-0.2, 0) is 19.6 Å². The largest absolute Gasteiger partial charge is 0.351 e. The fourth-order valence-corrected chi connectivity index (χ4v) is 5.68. The zero-order valence-corrected chi connectivity index (χ0v) is 22.3. The molecule has 1 unspecified atom stereocenters. The molecule has 8 heteroatoms. The molecule has 3 aromatic rings. The molecule has 1 amide bonds. The Morgan fingerprint density at radius 2 is 1.97 bits per heavy atom. The van der Waals surface area contributed by atoms with Crippen molar-refractivity contribution in [3.8, 4) is 0 Å². The minimum Gasteiger partial charge on any atom is -0.351 e. The number of rotatable bonds is 11. The Morgan fingerprint density at radius 1 is 1.17 bits per heavy atom. The van der Waals surface area contributed by atoms with Crippen molar-refractivity contribution in [2.45, 2.75) is 58.3 Å². The third-order valence-electron chi connectivity index (χ3n) is 6.61. The van der Waals surface area contributed by atoms with Crippen LogP contribution in [0.15, 0.2) is 53.9 Å². The molecule has 2 aromatic carbocycles. The van der Waals surface area contributed by atoms with E-state index >= 15 is 0 Å². The van der Waals surface area contributed by atoms with Crippen LogP contribution in [-0.4, -0.2) is 46.4 Å². The van der Waals surface area contributed by atoms with Gasteiger partial charge < -0.3 is 10.2 Å². The van der Waals surface area contributed by atoms with E-state index in [1.807, 2.05) is 29.6 Å². The monoisotopic (exact) mass is 528 g/mol. The van der Waals surface area contributed by atoms with Crippen LogP contribution in [0.5, 0.6) is 0 Å². The van der Waals surface area contributed by atoms with Crippen molar-refractivity contribution >= 4 is 28.8 Å². The van der Waals surface area contributed by atoms with E-state index in [4.69, 9.17) is 11.6 Å². The topological polar surface area (TPSA) is 48.5 Å². The molecule has 0 saturated carbocycles. The number of hydrogen-bond acceptors (Lipinski definition) is 5. The molecule has 1 fully saturated rings. The van der Waals surface area contributed by atoms with E-state index in [1.54, 1.807) is 12.1 Å². The Balaban J connectivity index is 1.33. The summed E-state index contributed by atoms with van der Waals surface area (Å²) in [5.74, 6) is -0.370. The maximum absolute atomic E-state index is 13.4. The first kappa shape index (κ1) is 26.7. The van der Waals surface area contributed by atoms with Gasteiger partial charge in [0.25, 0.3) is 5.91 Å². The summed E-state index contributed by atoms with van der Waals surface area (Å²) in [5.41, 5.74) is 2.56. The van der Waals surface area contributed by atoms with Crippen LogP contribution in [0.1, 0.15) is 59.2 Å². The molecule has 1 atom stereocenters. The van der Waals surface area contributed by atoms with Crippen molar-refractivity contribution in [1.82, 2.24) is 20.1 Å². The fourth-order valence-electron chi connectivity index (χ4n) is 4.65. The number of benzene rings is 2. The molecule has 5 nitrogen and oxygen atoms in total. The minimum absolute atomic E-state index is 0.121. The molecule has 0 aliphatic carbocycles. The lowest BCUT2D eigenvalue weighted by Crippen LogP contribution is -2.39. The Labute approximate surface area is 222 Å². The lowest BCUT2D eigenvalue weighted by Gasteiger charge is -2.33. The molecule has 1 aromatic heterocycles. The van der Waals surface area contributed by atoms with Crippen LogP contribution in [0.25, 0.3) is 0 Å². The van der Waals surface area contributed by atoms with E-state index in [-0.39, 0.29) is 11.7 Å². The van der Waals surface area contributed by atoms with Crippen LogP contribution >= 0.6 is 22.9 Å². The molecule has 0 spiro atoms. The van der Waals surface area contributed by atoms with Crippen molar-refractivity contribution in [3.05, 3.63) is 86.6 Å². The summed E-state index contributed by atoms with van der Waals surface area (Å²) in [4.78, 5) is 22.0. The quantitative estimate of drug-likeness (QED) is 0.304. The van der Waals surface area contributed by atoms with Gasteiger partial charge in [-0.2, -0.15) is 0 Å². The predicted molar refractivity (Wildman–Crippen MR) is 145 cm³/mol. The first-order valence-electron chi connectivity index (χ1n) is 12.6. The van der Waals surface area contributed by atoms with Crippen molar-refractivity contribution in [2.24, 2.45) is 0 Å². The Bertz CT molecular complexity index is 1120. The highest BCUT2D eigenvalue weighted by Crippen LogP contribution is 2.20. The predicted octanol–water partition coefficient (Wildman–Crippen LogP) is 6.13. The summed E-state index contributed by atoms with van der Waals surface area (Å²) in [6, 6.07) is 15.0. The number of likely N-dealkylation sites (tertiary alicyclic amines) is 1. The molecular weight excluding hydrogens is 495 g/mol. The molecule has 36 heavy (non-hydrogen) atoms. The molecule has 4 rings (SSSR count). The van der Waals surface area contributed by atoms with Gasteiger partial charge in [-0.1, -0.05) is 42.3 Å². The highest BCUT2D eigenvalue weighted by molar-refractivity contribution is 7.09. The molecule has 192 valence electrons. The third kappa shape index (κ3) is 8.10. The number of carbonyl (C=O) groups excluding carboxylic acids is 1. The van der Waals surface area contributed by atoms with E-state index in [2.05, 4.69) is 27.0 Å². The number of nitrogens with one attached hydrogen (secondary N) is 1. The summed E-state index contributed by atoms with van der Waals surface area (Å²) in [5, 5.41) is 6.41. The summed E-state index contributed by atoms with van der Waals surface area (Å²) in [6.07, 6.45) is 4.80. The van der Waals surface area contributed by atoms with Gasteiger partial charge in [-0.15, -0.1) is 11.3 Å². The number of aromatic nitrogens is 1. The van der Waals surface area contributed by atoms with Gasteiger partial charge in [0, 0.05) is 42.6 Å². The smallest absolute Gasteiger partial charge is 0.270 e. The number of amides is 1. The molecule has 1 aliphatic heterocycles. The van der Waals surface area contributed by atoms with E-state index in [0.717, 1.165) is 35.6 Å².